The second kappa shape index (κ2) is 6.60. The summed E-state index contributed by atoms with van der Waals surface area (Å²) in [6.07, 6.45) is 3.31. The third kappa shape index (κ3) is 3.90. The fourth-order valence-corrected chi connectivity index (χ4v) is 1.54. The van der Waals surface area contributed by atoms with Crippen LogP contribution in [0.2, 0.25) is 0 Å². The van der Waals surface area contributed by atoms with E-state index in [9.17, 15) is 4.79 Å². The molecule has 0 fully saturated rings. The number of hydrogen-bond acceptors (Lipinski definition) is 3. The molecule has 1 aromatic heterocycles. The zero-order valence-electron chi connectivity index (χ0n) is 9.46. The molecule has 0 saturated heterocycles. The largest absolute Gasteiger partial charge is 0.325 e. The van der Waals surface area contributed by atoms with Crippen LogP contribution in [0.25, 0.3) is 0 Å². The first-order chi connectivity index (χ1) is 7.65. The van der Waals surface area contributed by atoms with Gasteiger partial charge >= 0.3 is 0 Å². The Kier molecular flexibility index (Phi) is 5.42. The molecule has 16 heavy (non-hydrogen) atoms. The summed E-state index contributed by atoms with van der Waals surface area (Å²) in [7, 11) is 0. The lowest BCUT2D eigenvalue weighted by Crippen LogP contribution is -2.30. The van der Waals surface area contributed by atoms with Crippen molar-refractivity contribution < 1.29 is 4.79 Å². The Morgan fingerprint density at radius 3 is 3.00 bits per heavy atom. The van der Waals surface area contributed by atoms with Gasteiger partial charge in [-0.25, -0.2) is 0 Å². The highest BCUT2D eigenvalue weighted by Crippen LogP contribution is 2.20. The van der Waals surface area contributed by atoms with Crippen molar-refractivity contribution in [1.82, 2.24) is 10.3 Å². The van der Waals surface area contributed by atoms with Crippen LogP contribution in [0.3, 0.4) is 0 Å². The number of amides is 1. The molecular weight excluding hydrogens is 270 g/mol. The Morgan fingerprint density at radius 2 is 2.38 bits per heavy atom. The zero-order chi connectivity index (χ0) is 12.0. The van der Waals surface area contributed by atoms with Gasteiger partial charge in [0.15, 0.2) is 0 Å². The Bertz CT molecular complexity index is 357. The van der Waals surface area contributed by atoms with Crippen LogP contribution in [-0.2, 0) is 4.79 Å². The fraction of sp³-hybridized carbons (Fsp3) is 0.455. The Morgan fingerprint density at radius 1 is 1.62 bits per heavy atom. The monoisotopic (exact) mass is 285 g/mol. The lowest BCUT2D eigenvalue weighted by atomic mass is 10.1. The molecule has 0 aliphatic rings. The first-order valence-corrected chi connectivity index (χ1v) is 6.05. The highest BCUT2D eigenvalue weighted by atomic mass is 79.9. The van der Waals surface area contributed by atoms with Crippen LogP contribution in [0.15, 0.2) is 22.9 Å². The third-order valence-electron chi connectivity index (χ3n) is 2.18. The van der Waals surface area contributed by atoms with Gasteiger partial charge in [0.1, 0.15) is 0 Å². The number of aromatic nitrogens is 1. The fourth-order valence-electron chi connectivity index (χ4n) is 1.19. The number of anilines is 1. The Labute approximate surface area is 104 Å². The van der Waals surface area contributed by atoms with Crippen LogP contribution in [0, 0.1) is 5.92 Å². The van der Waals surface area contributed by atoms with E-state index in [0.29, 0.717) is 6.54 Å². The second-order valence-corrected chi connectivity index (χ2v) is 4.41. The average Bonchev–Trinajstić information content (AvgIpc) is 2.28. The standard InChI is InChI=1S/C11H16BrN3O/c1-3-13-6-8(2)11(16)15-10-4-5-14-7-9(10)12/h4-5,7-8,13H,3,6H2,1-2H3,(H,14,15,16). The van der Waals surface area contributed by atoms with Gasteiger partial charge in [-0.05, 0) is 28.5 Å². The van der Waals surface area contributed by atoms with Crippen molar-refractivity contribution in [3.8, 4) is 0 Å². The first-order valence-electron chi connectivity index (χ1n) is 5.26. The summed E-state index contributed by atoms with van der Waals surface area (Å²) in [5, 5.41) is 6.00. The maximum absolute atomic E-state index is 11.8. The summed E-state index contributed by atoms with van der Waals surface area (Å²) in [6.45, 7) is 5.47. The van der Waals surface area contributed by atoms with Gasteiger partial charge in [-0.2, -0.15) is 0 Å². The van der Waals surface area contributed by atoms with Crippen molar-refractivity contribution >= 4 is 27.5 Å². The predicted molar refractivity (Wildman–Crippen MR) is 68.3 cm³/mol. The molecular formula is C11H16BrN3O. The maximum atomic E-state index is 11.8. The van der Waals surface area contributed by atoms with E-state index in [1.54, 1.807) is 18.5 Å². The smallest absolute Gasteiger partial charge is 0.228 e. The van der Waals surface area contributed by atoms with Gasteiger partial charge in [0.05, 0.1) is 10.2 Å². The normalized spacial score (nSPS) is 12.2. The van der Waals surface area contributed by atoms with Crippen LogP contribution in [0.1, 0.15) is 13.8 Å². The number of hydrogen-bond donors (Lipinski definition) is 2. The maximum Gasteiger partial charge on any atom is 0.228 e. The number of carbonyl (C=O) groups is 1. The van der Waals surface area contributed by atoms with Crippen LogP contribution >= 0.6 is 15.9 Å². The number of nitrogens with zero attached hydrogens (tertiary/aromatic N) is 1. The van der Waals surface area contributed by atoms with E-state index in [2.05, 4.69) is 31.5 Å². The lowest BCUT2D eigenvalue weighted by Gasteiger charge is -2.13. The van der Waals surface area contributed by atoms with Crippen molar-refractivity contribution in [3.63, 3.8) is 0 Å². The minimum atomic E-state index is -0.0555. The summed E-state index contributed by atoms with van der Waals surface area (Å²) in [4.78, 5) is 15.7. The summed E-state index contributed by atoms with van der Waals surface area (Å²) in [6, 6.07) is 1.77. The van der Waals surface area contributed by atoms with Gasteiger partial charge in [0.25, 0.3) is 0 Å². The van der Waals surface area contributed by atoms with Crippen molar-refractivity contribution in [1.29, 1.82) is 0 Å². The number of halogens is 1. The third-order valence-corrected chi connectivity index (χ3v) is 2.81. The summed E-state index contributed by atoms with van der Waals surface area (Å²) < 4.78 is 0.791. The highest BCUT2D eigenvalue weighted by Gasteiger charge is 2.13. The Balaban J connectivity index is 2.54. The average molecular weight is 286 g/mol. The van der Waals surface area contributed by atoms with Crippen LogP contribution < -0.4 is 10.6 Å². The van der Waals surface area contributed by atoms with Crippen molar-refractivity contribution in [2.24, 2.45) is 5.92 Å². The van der Waals surface area contributed by atoms with E-state index < -0.39 is 0 Å². The molecule has 0 aliphatic heterocycles. The summed E-state index contributed by atoms with van der Waals surface area (Å²) in [5.74, 6) is -0.0483. The predicted octanol–water partition coefficient (Wildman–Crippen LogP) is 2.03. The molecule has 0 spiro atoms. The summed E-state index contributed by atoms with van der Waals surface area (Å²) >= 11 is 3.33. The van der Waals surface area contributed by atoms with Crippen molar-refractivity contribution in [2.45, 2.75) is 13.8 Å². The van der Waals surface area contributed by atoms with Crippen LogP contribution in [-0.4, -0.2) is 24.0 Å². The van der Waals surface area contributed by atoms with E-state index in [-0.39, 0.29) is 11.8 Å². The van der Waals surface area contributed by atoms with Gasteiger partial charge in [0.2, 0.25) is 5.91 Å². The second-order valence-electron chi connectivity index (χ2n) is 3.55. The van der Waals surface area contributed by atoms with E-state index in [4.69, 9.17) is 0 Å². The van der Waals surface area contributed by atoms with Gasteiger partial charge in [-0.3, -0.25) is 9.78 Å². The van der Waals surface area contributed by atoms with E-state index in [1.165, 1.54) is 0 Å². The van der Waals surface area contributed by atoms with E-state index in [1.807, 2.05) is 13.8 Å². The van der Waals surface area contributed by atoms with Crippen LogP contribution in [0.4, 0.5) is 5.69 Å². The van der Waals surface area contributed by atoms with Gasteiger partial charge in [0, 0.05) is 24.9 Å². The molecule has 0 radical (unpaired) electrons. The van der Waals surface area contributed by atoms with Gasteiger partial charge < -0.3 is 10.6 Å². The molecule has 1 aromatic rings. The van der Waals surface area contributed by atoms with Crippen molar-refractivity contribution in [2.75, 3.05) is 18.4 Å². The SMILES string of the molecule is CCNCC(C)C(=O)Nc1ccncc1Br. The minimum absolute atomic E-state index is 0.00727. The quantitative estimate of drug-likeness (QED) is 0.870. The van der Waals surface area contributed by atoms with Gasteiger partial charge in [-0.15, -0.1) is 0 Å². The highest BCUT2D eigenvalue weighted by molar-refractivity contribution is 9.10. The number of rotatable bonds is 5. The molecule has 1 rings (SSSR count). The number of pyridine rings is 1. The van der Waals surface area contributed by atoms with Gasteiger partial charge in [-0.1, -0.05) is 13.8 Å². The molecule has 5 heteroatoms. The van der Waals surface area contributed by atoms with E-state index >= 15 is 0 Å². The molecule has 1 amide bonds. The molecule has 2 N–H and O–H groups in total. The zero-order valence-corrected chi connectivity index (χ0v) is 11.0. The van der Waals surface area contributed by atoms with E-state index in [0.717, 1.165) is 16.7 Å². The molecule has 1 atom stereocenters. The number of carbonyl (C=O) groups excluding carboxylic acids is 1. The topological polar surface area (TPSA) is 54.0 Å². The Hall–Kier alpha value is -0.940. The molecule has 0 bridgehead atoms. The minimum Gasteiger partial charge on any atom is -0.325 e. The summed E-state index contributed by atoms with van der Waals surface area (Å²) in [5.41, 5.74) is 0.753. The molecule has 88 valence electrons. The van der Waals surface area contributed by atoms with Crippen LogP contribution in [0.5, 0.6) is 0 Å². The molecule has 4 nitrogen and oxygen atoms in total. The number of nitrogens with one attached hydrogen (secondary N) is 2. The molecule has 0 aromatic carbocycles. The lowest BCUT2D eigenvalue weighted by molar-refractivity contribution is -0.119. The molecule has 0 saturated carbocycles. The molecule has 0 aliphatic carbocycles. The molecule has 1 unspecified atom stereocenters. The van der Waals surface area contributed by atoms with Crippen molar-refractivity contribution in [3.05, 3.63) is 22.9 Å². The molecule has 1 heterocycles. The first kappa shape index (κ1) is 13.1.